The third-order valence-corrected chi connectivity index (χ3v) is 4.36. The second kappa shape index (κ2) is 9.40. The summed E-state index contributed by atoms with van der Waals surface area (Å²) in [6.45, 7) is 1.43. The van der Waals surface area contributed by atoms with Crippen LogP contribution < -0.4 is 5.32 Å². The summed E-state index contributed by atoms with van der Waals surface area (Å²) >= 11 is 0. The molecule has 1 aliphatic heterocycles. The Morgan fingerprint density at radius 2 is 1.85 bits per heavy atom. The van der Waals surface area contributed by atoms with Gasteiger partial charge in [0, 0.05) is 31.7 Å². The predicted octanol–water partition coefficient (Wildman–Crippen LogP) is 1.62. The average Bonchev–Trinajstić information content (AvgIpc) is 2.59. The summed E-state index contributed by atoms with van der Waals surface area (Å²) < 4.78 is 33.5. The molecule has 1 heterocycles. The lowest BCUT2D eigenvalue weighted by atomic mass is 9.99. The van der Waals surface area contributed by atoms with Crippen LogP contribution in [0.4, 0.5) is 8.78 Å². The summed E-state index contributed by atoms with van der Waals surface area (Å²) in [5.74, 6) is -4.14. The predicted molar refractivity (Wildman–Crippen MR) is 90.7 cm³/mol. The third-order valence-electron chi connectivity index (χ3n) is 4.36. The number of hydrogen-bond acceptors (Lipinski definition) is 4. The SMILES string of the molecule is CC(=O)N[C@H](CC(=O)N(CC(=O)O)C1CCOCC1)c1c(F)cccc1F. The first-order valence-electron chi connectivity index (χ1n) is 8.59. The van der Waals surface area contributed by atoms with Crippen LogP contribution in [0.5, 0.6) is 0 Å². The summed E-state index contributed by atoms with van der Waals surface area (Å²) in [6.07, 6.45) is 0.484. The summed E-state index contributed by atoms with van der Waals surface area (Å²) in [5.41, 5.74) is -0.427. The van der Waals surface area contributed by atoms with Gasteiger partial charge in [-0.2, -0.15) is 0 Å². The molecule has 1 atom stereocenters. The van der Waals surface area contributed by atoms with Gasteiger partial charge in [0.2, 0.25) is 11.8 Å². The van der Waals surface area contributed by atoms with Crippen molar-refractivity contribution in [1.29, 1.82) is 0 Å². The number of hydrogen-bond donors (Lipinski definition) is 2. The van der Waals surface area contributed by atoms with Crippen molar-refractivity contribution in [3.63, 3.8) is 0 Å². The van der Waals surface area contributed by atoms with Crippen molar-refractivity contribution in [2.45, 2.75) is 38.3 Å². The molecule has 1 saturated heterocycles. The molecule has 0 unspecified atom stereocenters. The number of nitrogens with zero attached hydrogens (tertiary/aromatic N) is 1. The second-order valence-electron chi connectivity index (χ2n) is 6.35. The van der Waals surface area contributed by atoms with Crippen molar-refractivity contribution in [3.8, 4) is 0 Å². The quantitative estimate of drug-likeness (QED) is 0.745. The van der Waals surface area contributed by atoms with Crippen molar-refractivity contribution < 1.29 is 33.0 Å². The lowest BCUT2D eigenvalue weighted by Crippen LogP contribution is -2.47. The molecule has 2 amide bonds. The van der Waals surface area contributed by atoms with Gasteiger partial charge in [-0.3, -0.25) is 14.4 Å². The molecule has 2 rings (SSSR count). The number of halogens is 2. The Labute approximate surface area is 155 Å². The van der Waals surface area contributed by atoms with Gasteiger partial charge in [0.05, 0.1) is 12.5 Å². The van der Waals surface area contributed by atoms with Gasteiger partial charge in [0.15, 0.2) is 0 Å². The van der Waals surface area contributed by atoms with E-state index in [0.29, 0.717) is 26.1 Å². The number of amides is 2. The molecule has 2 N–H and O–H groups in total. The highest BCUT2D eigenvalue weighted by Gasteiger charge is 2.31. The molecule has 1 aliphatic rings. The van der Waals surface area contributed by atoms with Gasteiger partial charge >= 0.3 is 5.97 Å². The smallest absolute Gasteiger partial charge is 0.323 e. The van der Waals surface area contributed by atoms with Crippen LogP contribution in [0, 0.1) is 11.6 Å². The number of nitrogens with one attached hydrogen (secondary N) is 1. The number of ether oxygens (including phenoxy) is 1. The van der Waals surface area contributed by atoms with Crippen LogP contribution in [0.25, 0.3) is 0 Å². The molecule has 9 heteroatoms. The molecule has 148 valence electrons. The monoisotopic (exact) mass is 384 g/mol. The van der Waals surface area contributed by atoms with Crippen molar-refractivity contribution in [1.82, 2.24) is 10.2 Å². The molecule has 0 bridgehead atoms. The van der Waals surface area contributed by atoms with E-state index in [1.807, 2.05) is 0 Å². The maximum atomic E-state index is 14.1. The number of carbonyl (C=O) groups excluding carboxylic acids is 2. The Hall–Kier alpha value is -2.55. The first kappa shape index (κ1) is 20.8. The Balaban J connectivity index is 2.26. The molecule has 0 spiro atoms. The fourth-order valence-corrected chi connectivity index (χ4v) is 3.17. The zero-order valence-electron chi connectivity index (χ0n) is 14.9. The normalized spacial score (nSPS) is 15.8. The summed E-state index contributed by atoms with van der Waals surface area (Å²) in [6, 6.07) is 1.66. The van der Waals surface area contributed by atoms with Gasteiger partial charge in [-0.25, -0.2) is 8.78 Å². The molecule has 1 fully saturated rings. The number of carbonyl (C=O) groups is 3. The molecule has 0 aromatic heterocycles. The molecule has 0 saturated carbocycles. The van der Waals surface area contributed by atoms with E-state index >= 15 is 0 Å². The van der Waals surface area contributed by atoms with E-state index in [0.717, 1.165) is 12.1 Å². The zero-order chi connectivity index (χ0) is 20.0. The number of carboxylic acids is 1. The number of rotatable bonds is 7. The van der Waals surface area contributed by atoms with Crippen molar-refractivity contribution in [2.75, 3.05) is 19.8 Å². The van der Waals surface area contributed by atoms with Gasteiger partial charge in [-0.05, 0) is 25.0 Å². The second-order valence-corrected chi connectivity index (χ2v) is 6.35. The summed E-state index contributed by atoms with van der Waals surface area (Å²) in [7, 11) is 0. The topological polar surface area (TPSA) is 95.9 Å². The number of benzene rings is 1. The fourth-order valence-electron chi connectivity index (χ4n) is 3.17. The first-order chi connectivity index (χ1) is 12.8. The van der Waals surface area contributed by atoms with Crippen LogP contribution in [0.1, 0.15) is 37.8 Å². The Bertz CT molecular complexity index is 687. The maximum absolute atomic E-state index is 14.1. The largest absolute Gasteiger partial charge is 0.480 e. The van der Waals surface area contributed by atoms with E-state index in [4.69, 9.17) is 9.84 Å². The third kappa shape index (κ3) is 5.72. The number of aliphatic carboxylic acids is 1. The van der Waals surface area contributed by atoms with E-state index in [2.05, 4.69) is 5.32 Å². The highest BCUT2D eigenvalue weighted by molar-refractivity contribution is 5.83. The average molecular weight is 384 g/mol. The van der Waals surface area contributed by atoms with Gasteiger partial charge in [0.25, 0.3) is 0 Å². The Kier molecular flexibility index (Phi) is 7.23. The van der Waals surface area contributed by atoms with Crippen molar-refractivity contribution in [3.05, 3.63) is 35.4 Å². The van der Waals surface area contributed by atoms with Crippen LogP contribution in [0.2, 0.25) is 0 Å². The van der Waals surface area contributed by atoms with E-state index in [-0.39, 0.29) is 6.04 Å². The first-order valence-corrected chi connectivity index (χ1v) is 8.59. The standard InChI is InChI=1S/C18H22F2N2O5/c1-11(23)21-15(18-13(19)3-2-4-14(18)20)9-16(24)22(10-17(25)26)12-5-7-27-8-6-12/h2-4,12,15H,5-10H2,1H3,(H,21,23)(H,25,26)/t15-/m1/s1. The molecule has 0 radical (unpaired) electrons. The lowest BCUT2D eigenvalue weighted by Gasteiger charge is -2.34. The molecular weight excluding hydrogens is 362 g/mol. The molecule has 7 nitrogen and oxygen atoms in total. The fraction of sp³-hybridized carbons (Fsp3) is 0.500. The molecule has 1 aromatic rings. The Morgan fingerprint density at radius 3 is 2.37 bits per heavy atom. The van der Waals surface area contributed by atoms with Crippen molar-refractivity contribution >= 4 is 17.8 Å². The van der Waals surface area contributed by atoms with Gasteiger partial charge in [-0.1, -0.05) is 6.07 Å². The minimum absolute atomic E-state index is 0.342. The van der Waals surface area contributed by atoms with Crippen LogP contribution in [0.15, 0.2) is 18.2 Å². The molecule has 0 aliphatic carbocycles. The molecular formula is C18H22F2N2O5. The van der Waals surface area contributed by atoms with Crippen LogP contribution in [-0.4, -0.2) is 53.6 Å². The Morgan fingerprint density at radius 1 is 1.26 bits per heavy atom. The minimum Gasteiger partial charge on any atom is -0.480 e. The highest BCUT2D eigenvalue weighted by atomic mass is 19.1. The number of carboxylic acid groups (broad SMARTS) is 1. The summed E-state index contributed by atoms with van der Waals surface area (Å²) in [4.78, 5) is 36.6. The summed E-state index contributed by atoms with van der Waals surface area (Å²) in [5, 5.41) is 11.5. The minimum atomic E-state index is -1.24. The van der Waals surface area contributed by atoms with Crippen LogP contribution in [0.3, 0.4) is 0 Å². The van der Waals surface area contributed by atoms with Crippen LogP contribution in [-0.2, 0) is 19.1 Å². The van der Waals surface area contributed by atoms with E-state index in [1.165, 1.54) is 17.9 Å². The van der Waals surface area contributed by atoms with Crippen LogP contribution >= 0.6 is 0 Å². The zero-order valence-corrected chi connectivity index (χ0v) is 14.9. The highest BCUT2D eigenvalue weighted by Crippen LogP contribution is 2.25. The van der Waals surface area contributed by atoms with Gasteiger partial charge < -0.3 is 20.1 Å². The van der Waals surface area contributed by atoms with E-state index < -0.39 is 54.0 Å². The van der Waals surface area contributed by atoms with Gasteiger partial charge in [0.1, 0.15) is 18.2 Å². The van der Waals surface area contributed by atoms with Crippen molar-refractivity contribution in [2.24, 2.45) is 0 Å². The maximum Gasteiger partial charge on any atom is 0.323 e. The lowest BCUT2D eigenvalue weighted by molar-refractivity contribution is -0.148. The molecule has 1 aromatic carbocycles. The molecule has 27 heavy (non-hydrogen) atoms. The van der Waals surface area contributed by atoms with E-state index in [9.17, 15) is 23.2 Å². The van der Waals surface area contributed by atoms with E-state index in [1.54, 1.807) is 0 Å². The van der Waals surface area contributed by atoms with Gasteiger partial charge in [-0.15, -0.1) is 0 Å².